The van der Waals surface area contributed by atoms with E-state index in [1.165, 1.54) is 0 Å². The monoisotopic (exact) mass is 152 g/mol. The number of aliphatic hydroxyl groups excluding tert-OH is 1. The van der Waals surface area contributed by atoms with Gasteiger partial charge in [-0.1, -0.05) is 30.3 Å². The molecule has 0 heterocycles. The fourth-order valence-corrected chi connectivity index (χ4v) is 0.583. The van der Waals surface area contributed by atoms with Crippen molar-refractivity contribution < 1.29 is 14.7 Å². The van der Waals surface area contributed by atoms with Crippen LogP contribution in [0.25, 0.3) is 0 Å². The Labute approximate surface area is 64.3 Å². The van der Waals surface area contributed by atoms with Crippen LogP contribution >= 0.6 is 0 Å². The summed E-state index contributed by atoms with van der Waals surface area (Å²) in [5.41, 5.74) is 0.965. The summed E-state index contributed by atoms with van der Waals surface area (Å²) >= 11 is 0. The van der Waals surface area contributed by atoms with E-state index < -0.39 is 0 Å². The van der Waals surface area contributed by atoms with Crippen molar-refractivity contribution in [2.24, 2.45) is 0 Å². The van der Waals surface area contributed by atoms with Gasteiger partial charge >= 0.3 is 6.15 Å². The van der Waals surface area contributed by atoms with Gasteiger partial charge in [-0.25, -0.2) is 0 Å². The number of hydrogen-bond donors (Lipinski definition) is 1. The molecule has 0 spiro atoms. The van der Waals surface area contributed by atoms with Crippen molar-refractivity contribution in [1.82, 2.24) is 0 Å². The molecule has 0 radical (unpaired) electrons. The molecule has 0 atom stereocenters. The van der Waals surface area contributed by atoms with Gasteiger partial charge in [-0.3, -0.25) is 0 Å². The van der Waals surface area contributed by atoms with Crippen LogP contribution in [0.2, 0.25) is 0 Å². The summed E-state index contributed by atoms with van der Waals surface area (Å²) in [5.74, 6) is 0. The van der Waals surface area contributed by atoms with Crippen molar-refractivity contribution in [2.75, 3.05) is 0 Å². The Morgan fingerprint density at radius 1 is 1.18 bits per heavy atom. The van der Waals surface area contributed by atoms with Gasteiger partial charge in [0.2, 0.25) is 0 Å². The maximum atomic E-state index is 8.54. The zero-order chi connectivity index (χ0) is 8.53. The van der Waals surface area contributed by atoms with E-state index in [9.17, 15) is 0 Å². The van der Waals surface area contributed by atoms with Gasteiger partial charge in [-0.15, -0.1) is 0 Å². The molecule has 3 heteroatoms. The fraction of sp³-hybridized carbons (Fsp3) is 0.125. The molecule has 0 unspecified atom stereocenters. The van der Waals surface area contributed by atoms with Gasteiger partial charge in [-0.05, 0) is 5.56 Å². The third-order valence-corrected chi connectivity index (χ3v) is 1.03. The molecule has 0 aliphatic heterocycles. The predicted octanol–water partition coefficient (Wildman–Crippen LogP) is 0.595. The average molecular weight is 152 g/mol. The summed E-state index contributed by atoms with van der Waals surface area (Å²) in [7, 11) is 0. The van der Waals surface area contributed by atoms with E-state index in [1.807, 2.05) is 30.3 Å². The molecular weight excluding hydrogens is 144 g/mol. The van der Waals surface area contributed by atoms with Crippen molar-refractivity contribution in [3.05, 3.63) is 35.9 Å². The first-order valence-electron chi connectivity index (χ1n) is 2.99. The van der Waals surface area contributed by atoms with Crippen LogP contribution in [0.4, 0.5) is 0 Å². The Bertz CT molecular complexity index is 212. The molecule has 0 saturated heterocycles. The third-order valence-electron chi connectivity index (χ3n) is 1.03. The van der Waals surface area contributed by atoms with Crippen LogP contribution in [0.5, 0.6) is 0 Å². The standard InChI is InChI=1S/C7H8O.CO2/c8-6-7-4-2-1-3-5-7;2-1-3/h1-5,8H,6H2;. The molecule has 0 aromatic heterocycles. The maximum absolute atomic E-state index is 8.54. The quantitative estimate of drug-likeness (QED) is 0.640. The largest absolute Gasteiger partial charge is 0.392 e. The van der Waals surface area contributed by atoms with E-state index in [4.69, 9.17) is 14.7 Å². The lowest BCUT2D eigenvalue weighted by Crippen LogP contribution is -1.77. The van der Waals surface area contributed by atoms with Gasteiger partial charge in [0, 0.05) is 0 Å². The second-order valence-electron chi connectivity index (χ2n) is 1.73. The Balaban J connectivity index is 0.000000292. The van der Waals surface area contributed by atoms with E-state index in [-0.39, 0.29) is 12.8 Å². The summed E-state index contributed by atoms with van der Waals surface area (Å²) in [4.78, 5) is 16.2. The highest BCUT2D eigenvalue weighted by Crippen LogP contribution is 1.95. The number of carbonyl (C=O) groups excluding carboxylic acids is 2. The molecule has 1 aromatic rings. The number of rotatable bonds is 1. The molecule has 0 aliphatic carbocycles. The highest BCUT2D eigenvalue weighted by molar-refractivity contribution is 5.20. The highest BCUT2D eigenvalue weighted by atomic mass is 16.3. The van der Waals surface area contributed by atoms with Crippen molar-refractivity contribution >= 4 is 6.15 Å². The number of aliphatic hydroxyl groups is 1. The lowest BCUT2D eigenvalue weighted by Gasteiger charge is -1.89. The molecule has 0 saturated carbocycles. The molecule has 1 rings (SSSR count). The van der Waals surface area contributed by atoms with Gasteiger partial charge in [0.05, 0.1) is 6.61 Å². The first-order chi connectivity index (χ1) is 5.35. The summed E-state index contributed by atoms with van der Waals surface area (Å²) in [5, 5.41) is 8.54. The lowest BCUT2D eigenvalue weighted by molar-refractivity contribution is -0.191. The molecule has 0 amide bonds. The van der Waals surface area contributed by atoms with Crippen LogP contribution in [-0.2, 0) is 16.2 Å². The Morgan fingerprint density at radius 2 is 1.64 bits per heavy atom. The van der Waals surface area contributed by atoms with Crippen LogP contribution in [-0.4, -0.2) is 11.3 Å². The third kappa shape index (κ3) is 5.03. The summed E-state index contributed by atoms with van der Waals surface area (Å²) < 4.78 is 0. The minimum atomic E-state index is 0.140. The molecule has 58 valence electrons. The molecular formula is C8H8O3. The minimum absolute atomic E-state index is 0.140. The molecule has 1 aromatic carbocycles. The predicted molar refractivity (Wildman–Crippen MR) is 37.4 cm³/mol. The average Bonchev–Trinajstić information content (AvgIpc) is 2.08. The normalized spacial score (nSPS) is 7.36. The van der Waals surface area contributed by atoms with Crippen molar-refractivity contribution in [2.45, 2.75) is 6.61 Å². The van der Waals surface area contributed by atoms with E-state index in [2.05, 4.69) is 0 Å². The van der Waals surface area contributed by atoms with Crippen molar-refractivity contribution in [1.29, 1.82) is 0 Å². The van der Waals surface area contributed by atoms with Gasteiger partial charge < -0.3 is 5.11 Å². The zero-order valence-electron chi connectivity index (χ0n) is 5.86. The van der Waals surface area contributed by atoms with Crippen LogP contribution in [0.3, 0.4) is 0 Å². The van der Waals surface area contributed by atoms with E-state index in [0.717, 1.165) is 5.56 Å². The summed E-state index contributed by atoms with van der Waals surface area (Å²) in [6.45, 7) is 0.140. The van der Waals surface area contributed by atoms with E-state index >= 15 is 0 Å². The molecule has 1 N–H and O–H groups in total. The highest BCUT2D eigenvalue weighted by Gasteiger charge is 1.81. The minimum Gasteiger partial charge on any atom is -0.392 e. The van der Waals surface area contributed by atoms with Gasteiger partial charge in [0.1, 0.15) is 0 Å². The van der Waals surface area contributed by atoms with E-state index in [0.29, 0.717) is 0 Å². The van der Waals surface area contributed by atoms with Gasteiger partial charge in [0.15, 0.2) is 0 Å². The fourth-order valence-electron chi connectivity index (χ4n) is 0.583. The smallest absolute Gasteiger partial charge is 0.373 e. The van der Waals surface area contributed by atoms with Crippen LogP contribution < -0.4 is 0 Å². The molecule has 11 heavy (non-hydrogen) atoms. The Kier molecular flexibility index (Phi) is 5.80. The van der Waals surface area contributed by atoms with Crippen LogP contribution in [0.15, 0.2) is 30.3 Å². The molecule has 0 fully saturated rings. The second kappa shape index (κ2) is 6.68. The van der Waals surface area contributed by atoms with Crippen LogP contribution in [0.1, 0.15) is 5.56 Å². The van der Waals surface area contributed by atoms with Gasteiger partial charge in [0.25, 0.3) is 0 Å². The maximum Gasteiger partial charge on any atom is 0.373 e. The number of benzene rings is 1. The van der Waals surface area contributed by atoms with Crippen molar-refractivity contribution in [3.63, 3.8) is 0 Å². The van der Waals surface area contributed by atoms with E-state index in [1.54, 1.807) is 0 Å². The zero-order valence-corrected chi connectivity index (χ0v) is 5.86. The number of hydrogen-bond acceptors (Lipinski definition) is 3. The lowest BCUT2D eigenvalue weighted by atomic mass is 10.2. The first-order valence-corrected chi connectivity index (χ1v) is 2.99. The second-order valence-corrected chi connectivity index (χ2v) is 1.73. The molecule has 0 aliphatic rings. The molecule has 0 bridgehead atoms. The summed E-state index contributed by atoms with van der Waals surface area (Å²) in [6.07, 6.45) is 0.250. The molecule has 3 nitrogen and oxygen atoms in total. The summed E-state index contributed by atoms with van der Waals surface area (Å²) in [6, 6.07) is 9.52. The van der Waals surface area contributed by atoms with Gasteiger partial charge in [-0.2, -0.15) is 9.59 Å². The Hall–Kier alpha value is -1.44. The topological polar surface area (TPSA) is 54.4 Å². The van der Waals surface area contributed by atoms with Crippen molar-refractivity contribution in [3.8, 4) is 0 Å². The SMILES string of the molecule is O=C=O.OCc1ccccc1. The first kappa shape index (κ1) is 9.56. The van der Waals surface area contributed by atoms with Crippen LogP contribution in [0, 0.1) is 0 Å². The Morgan fingerprint density at radius 3 is 1.91 bits per heavy atom.